The van der Waals surface area contributed by atoms with Crippen LogP contribution < -0.4 is 5.32 Å². The third-order valence-corrected chi connectivity index (χ3v) is 3.57. The minimum absolute atomic E-state index is 0.411. The number of hydrogen-bond donors (Lipinski definition) is 1. The lowest BCUT2D eigenvalue weighted by molar-refractivity contribution is 0.216. The van der Waals surface area contributed by atoms with Crippen molar-refractivity contribution in [1.82, 2.24) is 5.32 Å². The van der Waals surface area contributed by atoms with Crippen LogP contribution in [0.25, 0.3) is 0 Å². The van der Waals surface area contributed by atoms with Crippen molar-refractivity contribution >= 4 is 11.6 Å². The Kier molecular flexibility index (Phi) is 2.38. The van der Waals surface area contributed by atoms with Crippen molar-refractivity contribution in [2.45, 2.75) is 43.5 Å². The minimum atomic E-state index is 0.411. The maximum Gasteiger partial charge on any atom is 0.0492 e. The second-order valence-corrected chi connectivity index (χ2v) is 4.39. The summed E-state index contributed by atoms with van der Waals surface area (Å²) in [4.78, 5) is 0. The predicted octanol–water partition coefficient (Wildman–Crippen LogP) is 2.15. The van der Waals surface area contributed by atoms with Crippen LogP contribution in [0.15, 0.2) is 0 Å². The maximum atomic E-state index is 6.23. The van der Waals surface area contributed by atoms with Gasteiger partial charge in [0.1, 0.15) is 0 Å². The fourth-order valence-electron chi connectivity index (χ4n) is 2.48. The molecule has 0 radical (unpaired) electrons. The van der Waals surface area contributed by atoms with E-state index in [1.807, 2.05) is 0 Å². The lowest BCUT2D eigenvalue weighted by Crippen LogP contribution is -2.49. The van der Waals surface area contributed by atoms with Gasteiger partial charge in [0.25, 0.3) is 0 Å². The Balaban J connectivity index is 1.99. The average molecular weight is 174 g/mol. The van der Waals surface area contributed by atoms with Crippen LogP contribution in [0.1, 0.15) is 32.1 Å². The summed E-state index contributed by atoms with van der Waals surface area (Å²) in [7, 11) is 0. The Bertz CT molecular complexity index is 136. The first-order valence-electron chi connectivity index (χ1n) is 4.75. The zero-order valence-electron chi connectivity index (χ0n) is 6.85. The molecular formula is C9H16ClN. The number of alkyl halides is 1. The molecule has 1 nitrogen and oxygen atoms in total. The normalized spacial score (nSPS) is 45.0. The van der Waals surface area contributed by atoms with Crippen molar-refractivity contribution < 1.29 is 0 Å². The van der Waals surface area contributed by atoms with Crippen LogP contribution in [0, 0.1) is 5.92 Å². The second kappa shape index (κ2) is 3.32. The van der Waals surface area contributed by atoms with Gasteiger partial charge < -0.3 is 5.32 Å². The summed E-state index contributed by atoms with van der Waals surface area (Å²) < 4.78 is 0. The lowest BCUT2D eigenvalue weighted by atomic mass is 9.79. The molecule has 0 spiro atoms. The van der Waals surface area contributed by atoms with E-state index in [9.17, 15) is 0 Å². The van der Waals surface area contributed by atoms with Crippen molar-refractivity contribution in [3.05, 3.63) is 0 Å². The molecule has 1 saturated heterocycles. The fraction of sp³-hybridized carbons (Fsp3) is 1.00. The summed E-state index contributed by atoms with van der Waals surface area (Å²) >= 11 is 6.23. The van der Waals surface area contributed by atoms with Crippen molar-refractivity contribution in [1.29, 1.82) is 0 Å². The first-order valence-corrected chi connectivity index (χ1v) is 5.19. The van der Waals surface area contributed by atoms with E-state index in [0.717, 1.165) is 5.92 Å². The fourth-order valence-corrected chi connectivity index (χ4v) is 2.93. The van der Waals surface area contributed by atoms with E-state index < -0.39 is 0 Å². The molecule has 2 fully saturated rings. The van der Waals surface area contributed by atoms with Crippen LogP contribution in [0.3, 0.4) is 0 Å². The van der Waals surface area contributed by atoms with Gasteiger partial charge in [0, 0.05) is 11.4 Å². The molecule has 3 atom stereocenters. The van der Waals surface area contributed by atoms with Gasteiger partial charge in [-0.25, -0.2) is 0 Å². The molecule has 1 N–H and O–H groups in total. The zero-order valence-corrected chi connectivity index (χ0v) is 7.61. The molecule has 0 amide bonds. The molecule has 11 heavy (non-hydrogen) atoms. The largest absolute Gasteiger partial charge is 0.312 e. The van der Waals surface area contributed by atoms with Gasteiger partial charge in [-0.2, -0.15) is 0 Å². The van der Waals surface area contributed by atoms with E-state index in [0.29, 0.717) is 11.4 Å². The summed E-state index contributed by atoms with van der Waals surface area (Å²) in [6.45, 7) is 1.18. The first kappa shape index (κ1) is 7.88. The Labute approximate surface area is 73.5 Å². The summed E-state index contributed by atoms with van der Waals surface area (Å²) in [6.07, 6.45) is 6.72. The van der Waals surface area contributed by atoms with Gasteiger partial charge in [-0.1, -0.05) is 6.42 Å². The highest BCUT2D eigenvalue weighted by atomic mass is 35.5. The highest BCUT2D eigenvalue weighted by Gasteiger charge is 2.33. The SMILES string of the molecule is ClC1CCCC2CCCNC12. The average Bonchev–Trinajstić information content (AvgIpc) is 2.06. The number of halogens is 1. The summed E-state index contributed by atoms with van der Waals surface area (Å²) in [5, 5.41) is 3.95. The van der Waals surface area contributed by atoms with Gasteiger partial charge in [-0.05, 0) is 38.1 Å². The molecule has 1 aliphatic heterocycles. The zero-order chi connectivity index (χ0) is 7.68. The molecule has 3 unspecified atom stereocenters. The molecular weight excluding hydrogens is 158 g/mol. The molecule has 1 heterocycles. The molecule has 2 rings (SSSR count). The quantitative estimate of drug-likeness (QED) is 0.554. The van der Waals surface area contributed by atoms with Crippen LogP contribution in [0.4, 0.5) is 0 Å². The van der Waals surface area contributed by atoms with E-state index in [1.165, 1.54) is 38.6 Å². The van der Waals surface area contributed by atoms with Gasteiger partial charge >= 0.3 is 0 Å². The van der Waals surface area contributed by atoms with Gasteiger partial charge in [0.15, 0.2) is 0 Å². The topological polar surface area (TPSA) is 12.0 Å². The Morgan fingerprint density at radius 3 is 2.73 bits per heavy atom. The van der Waals surface area contributed by atoms with E-state index in [1.54, 1.807) is 0 Å². The molecule has 0 aromatic rings. The molecule has 0 aromatic carbocycles. The molecule has 64 valence electrons. The van der Waals surface area contributed by atoms with Gasteiger partial charge in [0.2, 0.25) is 0 Å². The van der Waals surface area contributed by atoms with Crippen molar-refractivity contribution in [2.75, 3.05) is 6.54 Å². The second-order valence-electron chi connectivity index (χ2n) is 3.83. The highest BCUT2D eigenvalue weighted by molar-refractivity contribution is 6.21. The smallest absolute Gasteiger partial charge is 0.0492 e. The van der Waals surface area contributed by atoms with Crippen LogP contribution in [0.5, 0.6) is 0 Å². The number of fused-ring (bicyclic) bond motifs is 1. The lowest BCUT2D eigenvalue weighted by Gasteiger charge is -2.39. The summed E-state index contributed by atoms with van der Waals surface area (Å²) in [5.74, 6) is 0.889. The Morgan fingerprint density at radius 1 is 1.09 bits per heavy atom. The molecule has 2 heteroatoms. The van der Waals surface area contributed by atoms with Crippen LogP contribution in [-0.4, -0.2) is 18.0 Å². The van der Waals surface area contributed by atoms with Crippen LogP contribution in [0.2, 0.25) is 0 Å². The third-order valence-electron chi connectivity index (χ3n) is 3.08. The summed E-state index contributed by atoms with van der Waals surface area (Å²) in [5.41, 5.74) is 0. The van der Waals surface area contributed by atoms with Crippen LogP contribution in [-0.2, 0) is 0 Å². The van der Waals surface area contributed by atoms with Gasteiger partial charge in [-0.3, -0.25) is 0 Å². The number of hydrogen-bond acceptors (Lipinski definition) is 1. The third kappa shape index (κ3) is 1.54. The van der Waals surface area contributed by atoms with Crippen LogP contribution >= 0.6 is 11.6 Å². The standard InChI is InChI=1S/C9H16ClN/c10-8-5-1-3-7-4-2-6-11-9(7)8/h7-9,11H,1-6H2. The maximum absolute atomic E-state index is 6.23. The molecule has 1 aliphatic carbocycles. The summed E-state index contributed by atoms with van der Waals surface area (Å²) in [6, 6.07) is 0.638. The highest BCUT2D eigenvalue weighted by Crippen LogP contribution is 2.33. The van der Waals surface area contributed by atoms with Crippen molar-refractivity contribution in [3.8, 4) is 0 Å². The monoisotopic (exact) mass is 173 g/mol. The van der Waals surface area contributed by atoms with E-state index >= 15 is 0 Å². The van der Waals surface area contributed by atoms with E-state index in [4.69, 9.17) is 11.6 Å². The molecule has 0 aromatic heterocycles. The van der Waals surface area contributed by atoms with E-state index in [-0.39, 0.29) is 0 Å². The van der Waals surface area contributed by atoms with Crippen molar-refractivity contribution in [3.63, 3.8) is 0 Å². The first-order chi connectivity index (χ1) is 5.38. The number of nitrogens with one attached hydrogen (secondary N) is 1. The number of piperidine rings is 1. The predicted molar refractivity (Wildman–Crippen MR) is 48.0 cm³/mol. The number of rotatable bonds is 0. The van der Waals surface area contributed by atoms with Gasteiger partial charge in [-0.15, -0.1) is 11.6 Å². The molecule has 1 saturated carbocycles. The van der Waals surface area contributed by atoms with E-state index in [2.05, 4.69) is 5.32 Å². The van der Waals surface area contributed by atoms with Gasteiger partial charge in [0.05, 0.1) is 0 Å². The Hall–Kier alpha value is 0.250. The molecule has 0 bridgehead atoms. The molecule has 2 aliphatic rings. The Morgan fingerprint density at radius 2 is 1.91 bits per heavy atom. The van der Waals surface area contributed by atoms with Crippen molar-refractivity contribution in [2.24, 2.45) is 5.92 Å². The minimum Gasteiger partial charge on any atom is -0.312 e.